The zero-order valence-corrected chi connectivity index (χ0v) is 17.4. The van der Waals surface area contributed by atoms with Gasteiger partial charge in [-0.2, -0.15) is 0 Å². The molecule has 0 radical (unpaired) electrons. The van der Waals surface area contributed by atoms with Crippen molar-refractivity contribution in [2.45, 2.75) is 5.16 Å². The summed E-state index contributed by atoms with van der Waals surface area (Å²) in [5.41, 5.74) is 0.697. The van der Waals surface area contributed by atoms with E-state index in [4.69, 9.17) is 4.74 Å². The number of hydrogen-bond acceptors (Lipinski definition) is 5. The minimum atomic E-state index is -0.554. The number of anilines is 1. The second kappa shape index (κ2) is 9.01. The van der Waals surface area contributed by atoms with Gasteiger partial charge in [-0.3, -0.25) is 14.2 Å². The molecular weight excluding hydrogens is 417 g/mol. The molecule has 1 amide bonds. The molecule has 6 nitrogen and oxygen atoms in total. The largest absolute Gasteiger partial charge is 0.495 e. The van der Waals surface area contributed by atoms with Crippen molar-refractivity contribution in [1.82, 2.24) is 9.55 Å². The first-order chi connectivity index (χ1) is 15.1. The van der Waals surface area contributed by atoms with Gasteiger partial charge < -0.3 is 10.1 Å². The van der Waals surface area contributed by atoms with Crippen LogP contribution in [0.1, 0.15) is 0 Å². The first kappa shape index (κ1) is 20.6. The average Bonchev–Trinajstić information content (AvgIpc) is 2.79. The van der Waals surface area contributed by atoms with Crippen LogP contribution in [0.2, 0.25) is 0 Å². The van der Waals surface area contributed by atoms with Crippen molar-refractivity contribution < 1.29 is 13.9 Å². The molecular formula is C23H18FN3O3S. The fourth-order valence-corrected chi connectivity index (χ4v) is 3.92. The zero-order valence-electron chi connectivity index (χ0n) is 16.5. The molecule has 156 valence electrons. The van der Waals surface area contributed by atoms with Gasteiger partial charge >= 0.3 is 0 Å². The number of methoxy groups -OCH3 is 1. The quantitative estimate of drug-likeness (QED) is 0.362. The van der Waals surface area contributed by atoms with Crippen LogP contribution in [0.5, 0.6) is 5.75 Å². The van der Waals surface area contributed by atoms with E-state index in [-0.39, 0.29) is 22.5 Å². The first-order valence-electron chi connectivity index (χ1n) is 9.41. The van der Waals surface area contributed by atoms with Crippen LogP contribution in [-0.4, -0.2) is 28.3 Å². The number of para-hydroxylation sites is 4. The summed E-state index contributed by atoms with van der Waals surface area (Å²) in [6.45, 7) is 0. The van der Waals surface area contributed by atoms with Gasteiger partial charge in [0.05, 0.1) is 35.1 Å². The summed E-state index contributed by atoms with van der Waals surface area (Å²) in [6.07, 6.45) is 0. The van der Waals surface area contributed by atoms with Gasteiger partial charge in [-0.1, -0.05) is 48.2 Å². The maximum absolute atomic E-state index is 14.5. The molecule has 4 aromatic rings. The number of rotatable bonds is 6. The number of fused-ring (bicyclic) bond motifs is 1. The fourth-order valence-electron chi connectivity index (χ4n) is 3.12. The topological polar surface area (TPSA) is 73.2 Å². The summed E-state index contributed by atoms with van der Waals surface area (Å²) in [5.74, 6) is -0.357. The molecule has 0 aliphatic rings. The van der Waals surface area contributed by atoms with Gasteiger partial charge in [0.15, 0.2) is 5.16 Å². The smallest absolute Gasteiger partial charge is 0.266 e. The molecule has 8 heteroatoms. The van der Waals surface area contributed by atoms with Crippen molar-refractivity contribution in [3.8, 4) is 11.4 Å². The van der Waals surface area contributed by atoms with Gasteiger partial charge in [0.25, 0.3) is 5.56 Å². The number of hydrogen-bond donors (Lipinski definition) is 1. The number of carbonyl (C=O) groups excluding carboxylic acids is 1. The summed E-state index contributed by atoms with van der Waals surface area (Å²) >= 11 is 1.05. The van der Waals surface area contributed by atoms with Crippen molar-refractivity contribution in [2.75, 3.05) is 18.2 Å². The minimum absolute atomic E-state index is 0.0305. The minimum Gasteiger partial charge on any atom is -0.495 e. The second-order valence-corrected chi connectivity index (χ2v) is 7.48. The van der Waals surface area contributed by atoms with Crippen LogP contribution in [0.3, 0.4) is 0 Å². The Morgan fingerprint density at radius 1 is 1.06 bits per heavy atom. The van der Waals surface area contributed by atoms with Gasteiger partial charge in [-0.15, -0.1) is 0 Å². The van der Waals surface area contributed by atoms with Crippen LogP contribution < -0.4 is 15.6 Å². The number of nitrogens with zero attached hydrogens (tertiary/aromatic N) is 2. The summed E-state index contributed by atoms with van der Waals surface area (Å²) in [7, 11) is 1.52. The zero-order chi connectivity index (χ0) is 21.8. The van der Waals surface area contributed by atoms with Gasteiger partial charge in [-0.05, 0) is 36.4 Å². The van der Waals surface area contributed by atoms with Crippen LogP contribution in [-0.2, 0) is 4.79 Å². The maximum atomic E-state index is 14.5. The molecule has 1 aromatic heterocycles. The maximum Gasteiger partial charge on any atom is 0.266 e. The lowest BCUT2D eigenvalue weighted by Gasteiger charge is -2.14. The number of aromatic nitrogens is 2. The standard InChI is InChI=1S/C23H18FN3O3S/c1-30-20-13-7-5-11-18(20)25-21(28)14-31-23-26-17-10-4-2-8-15(17)22(29)27(23)19-12-6-3-9-16(19)24/h2-13H,14H2,1H3,(H,25,28). The number of amides is 1. The summed E-state index contributed by atoms with van der Waals surface area (Å²) < 4.78 is 21.0. The van der Waals surface area contributed by atoms with E-state index in [0.29, 0.717) is 22.3 Å². The van der Waals surface area contributed by atoms with E-state index in [2.05, 4.69) is 10.3 Å². The predicted octanol–water partition coefficient (Wildman–Crippen LogP) is 4.26. The van der Waals surface area contributed by atoms with E-state index < -0.39 is 11.4 Å². The Bertz CT molecular complexity index is 1320. The molecule has 0 spiro atoms. The molecule has 31 heavy (non-hydrogen) atoms. The number of halogens is 1. The van der Waals surface area contributed by atoms with Crippen molar-refractivity contribution >= 4 is 34.3 Å². The number of thioether (sulfide) groups is 1. The van der Waals surface area contributed by atoms with Crippen LogP contribution in [0.25, 0.3) is 16.6 Å². The van der Waals surface area contributed by atoms with E-state index in [0.717, 1.165) is 11.8 Å². The lowest BCUT2D eigenvalue weighted by Crippen LogP contribution is -2.23. The lowest BCUT2D eigenvalue weighted by molar-refractivity contribution is -0.113. The van der Waals surface area contributed by atoms with Crippen molar-refractivity contribution in [3.05, 3.63) is 89.0 Å². The van der Waals surface area contributed by atoms with E-state index in [1.54, 1.807) is 60.7 Å². The van der Waals surface area contributed by atoms with Gasteiger partial charge in [0.2, 0.25) is 5.91 Å². The predicted molar refractivity (Wildman–Crippen MR) is 120 cm³/mol. The Morgan fingerprint density at radius 2 is 1.77 bits per heavy atom. The third-order valence-corrected chi connectivity index (χ3v) is 5.49. The molecule has 1 heterocycles. The molecule has 0 fully saturated rings. The van der Waals surface area contributed by atoms with Gasteiger partial charge in [0, 0.05) is 0 Å². The molecule has 0 atom stereocenters. The summed E-state index contributed by atoms with van der Waals surface area (Å²) in [6, 6.07) is 19.9. The first-order valence-corrected chi connectivity index (χ1v) is 10.4. The van der Waals surface area contributed by atoms with Crippen LogP contribution >= 0.6 is 11.8 Å². The van der Waals surface area contributed by atoms with Crippen molar-refractivity contribution in [1.29, 1.82) is 0 Å². The summed E-state index contributed by atoms with van der Waals surface area (Å²) in [4.78, 5) is 30.2. The van der Waals surface area contributed by atoms with Crippen molar-refractivity contribution in [2.24, 2.45) is 0 Å². The Kier molecular flexibility index (Phi) is 5.99. The monoisotopic (exact) mass is 435 g/mol. The van der Waals surface area contributed by atoms with E-state index in [1.807, 2.05) is 0 Å². The highest BCUT2D eigenvalue weighted by Gasteiger charge is 2.17. The molecule has 0 bridgehead atoms. The normalized spacial score (nSPS) is 10.8. The Hall–Kier alpha value is -3.65. The van der Waals surface area contributed by atoms with E-state index in [9.17, 15) is 14.0 Å². The Labute approximate surface area is 181 Å². The average molecular weight is 435 g/mol. The molecule has 1 N–H and O–H groups in total. The van der Waals surface area contributed by atoms with Gasteiger partial charge in [-0.25, -0.2) is 9.37 Å². The highest BCUT2D eigenvalue weighted by Crippen LogP contribution is 2.25. The number of ether oxygens (including phenoxy) is 1. The fraction of sp³-hybridized carbons (Fsp3) is 0.0870. The SMILES string of the molecule is COc1ccccc1NC(=O)CSc1nc2ccccc2c(=O)n1-c1ccccc1F. The number of carbonyl (C=O) groups is 1. The van der Waals surface area contributed by atoms with Crippen LogP contribution in [0.4, 0.5) is 10.1 Å². The van der Waals surface area contributed by atoms with E-state index in [1.165, 1.54) is 23.8 Å². The molecule has 0 aliphatic carbocycles. The van der Waals surface area contributed by atoms with Crippen LogP contribution in [0.15, 0.2) is 82.7 Å². The highest BCUT2D eigenvalue weighted by atomic mass is 32.2. The molecule has 0 saturated heterocycles. The molecule has 3 aromatic carbocycles. The highest BCUT2D eigenvalue weighted by molar-refractivity contribution is 7.99. The number of nitrogens with one attached hydrogen (secondary N) is 1. The molecule has 0 unspecified atom stereocenters. The van der Waals surface area contributed by atoms with Crippen LogP contribution in [0, 0.1) is 5.82 Å². The molecule has 4 rings (SSSR count). The number of benzene rings is 3. The molecule has 0 aliphatic heterocycles. The van der Waals surface area contributed by atoms with E-state index >= 15 is 0 Å². The van der Waals surface area contributed by atoms with Crippen molar-refractivity contribution in [3.63, 3.8) is 0 Å². The lowest BCUT2D eigenvalue weighted by atomic mass is 10.2. The molecule has 0 saturated carbocycles. The third kappa shape index (κ3) is 4.29. The summed E-state index contributed by atoms with van der Waals surface area (Å²) in [5, 5.41) is 3.38. The van der Waals surface area contributed by atoms with Gasteiger partial charge in [0.1, 0.15) is 11.6 Å². The Morgan fingerprint density at radius 3 is 2.58 bits per heavy atom. The third-order valence-electron chi connectivity index (χ3n) is 4.55. The second-order valence-electron chi connectivity index (χ2n) is 6.54. The Balaban J connectivity index is 1.68.